The molecule has 0 radical (unpaired) electrons. The van der Waals surface area contributed by atoms with Gasteiger partial charge in [0.1, 0.15) is 0 Å². The molecule has 6 nitrogen and oxygen atoms in total. The summed E-state index contributed by atoms with van der Waals surface area (Å²) in [6, 6.07) is 0.675. The van der Waals surface area contributed by atoms with Gasteiger partial charge in [0.25, 0.3) is 0 Å². The van der Waals surface area contributed by atoms with E-state index in [1.165, 1.54) is 0 Å². The summed E-state index contributed by atoms with van der Waals surface area (Å²) in [5.41, 5.74) is 0. The van der Waals surface area contributed by atoms with Crippen molar-refractivity contribution in [3.05, 3.63) is 0 Å². The quantitative estimate of drug-likeness (QED) is 0.761. The van der Waals surface area contributed by atoms with E-state index in [0.29, 0.717) is 18.0 Å². The number of hydrogen-bond acceptors (Lipinski definition) is 4. The zero-order chi connectivity index (χ0) is 17.3. The van der Waals surface area contributed by atoms with Crippen molar-refractivity contribution in [2.75, 3.05) is 39.3 Å². The SMILES string of the molecule is CC1CC(C(=O)N2CCN[C@H](C)C2)C(C(=O)N2CCN[C@H](C)C2)C1. The van der Waals surface area contributed by atoms with E-state index >= 15 is 0 Å². The van der Waals surface area contributed by atoms with Crippen molar-refractivity contribution < 1.29 is 9.59 Å². The maximum Gasteiger partial charge on any atom is 0.226 e. The van der Waals surface area contributed by atoms with Crippen LogP contribution in [-0.2, 0) is 9.59 Å². The van der Waals surface area contributed by atoms with Gasteiger partial charge in [-0.3, -0.25) is 9.59 Å². The van der Waals surface area contributed by atoms with Crippen LogP contribution >= 0.6 is 0 Å². The Morgan fingerprint density at radius 2 is 1.21 bits per heavy atom. The molecular weight excluding hydrogens is 304 g/mol. The Morgan fingerprint density at radius 1 is 0.792 bits per heavy atom. The third kappa shape index (κ3) is 3.75. The van der Waals surface area contributed by atoms with E-state index in [9.17, 15) is 9.59 Å². The lowest BCUT2D eigenvalue weighted by atomic mass is 9.92. The highest BCUT2D eigenvalue weighted by Gasteiger charge is 2.44. The lowest BCUT2D eigenvalue weighted by molar-refractivity contribution is -0.146. The van der Waals surface area contributed by atoms with Crippen LogP contribution in [0.4, 0.5) is 0 Å². The predicted molar refractivity (Wildman–Crippen MR) is 93.5 cm³/mol. The first-order valence-corrected chi connectivity index (χ1v) is 9.50. The Morgan fingerprint density at radius 3 is 1.58 bits per heavy atom. The maximum absolute atomic E-state index is 13.1. The fourth-order valence-electron chi connectivity index (χ4n) is 4.57. The first kappa shape index (κ1) is 17.7. The number of nitrogens with zero attached hydrogens (tertiary/aromatic N) is 2. The Labute approximate surface area is 145 Å². The molecule has 2 saturated heterocycles. The first-order valence-electron chi connectivity index (χ1n) is 9.50. The monoisotopic (exact) mass is 336 g/mol. The summed E-state index contributed by atoms with van der Waals surface area (Å²) in [6.07, 6.45) is 1.71. The number of hydrogen-bond donors (Lipinski definition) is 2. The van der Waals surface area contributed by atoms with Gasteiger partial charge in [0.2, 0.25) is 11.8 Å². The Kier molecular flexibility index (Phi) is 5.45. The number of carbonyl (C=O) groups is 2. The van der Waals surface area contributed by atoms with Gasteiger partial charge in [0.05, 0.1) is 0 Å². The second kappa shape index (κ2) is 7.40. The Hall–Kier alpha value is -1.14. The number of rotatable bonds is 2. The van der Waals surface area contributed by atoms with Gasteiger partial charge < -0.3 is 20.4 Å². The van der Waals surface area contributed by atoms with Crippen LogP contribution in [0.3, 0.4) is 0 Å². The molecule has 136 valence electrons. The molecular formula is C18H32N4O2. The lowest BCUT2D eigenvalue weighted by Gasteiger charge is -2.37. The second-order valence-electron chi connectivity index (χ2n) is 8.07. The van der Waals surface area contributed by atoms with Gasteiger partial charge in [0, 0.05) is 63.2 Å². The summed E-state index contributed by atoms with van der Waals surface area (Å²) in [5.74, 6) is 0.614. The molecule has 3 rings (SSSR count). The topological polar surface area (TPSA) is 64.7 Å². The number of nitrogens with one attached hydrogen (secondary N) is 2. The fourth-order valence-corrected chi connectivity index (χ4v) is 4.57. The molecule has 2 unspecified atom stereocenters. The van der Waals surface area contributed by atoms with Crippen LogP contribution in [0.25, 0.3) is 0 Å². The Balaban J connectivity index is 1.69. The standard InChI is InChI=1S/C18H32N4O2/c1-12-8-15(17(23)21-6-4-19-13(2)10-21)16(9-12)18(24)22-7-5-20-14(3)11-22/h12-16,19-20H,4-11H2,1-3H3/t12?,13-,14-,15?,16?/m1/s1. The van der Waals surface area contributed by atoms with E-state index in [2.05, 4.69) is 31.4 Å². The average Bonchev–Trinajstić information content (AvgIpc) is 2.95. The van der Waals surface area contributed by atoms with Crippen molar-refractivity contribution in [1.29, 1.82) is 0 Å². The molecule has 0 aromatic rings. The van der Waals surface area contributed by atoms with Gasteiger partial charge in [-0.1, -0.05) is 6.92 Å². The van der Waals surface area contributed by atoms with Gasteiger partial charge >= 0.3 is 0 Å². The van der Waals surface area contributed by atoms with Crippen LogP contribution in [0.5, 0.6) is 0 Å². The molecule has 24 heavy (non-hydrogen) atoms. The van der Waals surface area contributed by atoms with Crippen LogP contribution in [0.2, 0.25) is 0 Å². The summed E-state index contributed by atoms with van der Waals surface area (Å²) in [5, 5.41) is 6.76. The summed E-state index contributed by atoms with van der Waals surface area (Å²) < 4.78 is 0. The number of piperazine rings is 2. The lowest BCUT2D eigenvalue weighted by Crippen LogP contribution is -2.55. The molecule has 3 fully saturated rings. The van der Waals surface area contributed by atoms with Crippen LogP contribution in [-0.4, -0.2) is 73.0 Å². The molecule has 0 aromatic heterocycles. The zero-order valence-electron chi connectivity index (χ0n) is 15.3. The molecule has 1 saturated carbocycles. The summed E-state index contributed by atoms with van der Waals surface area (Å²) in [6.45, 7) is 11.1. The molecule has 0 bridgehead atoms. The van der Waals surface area contributed by atoms with E-state index in [-0.39, 0.29) is 23.7 Å². The highest BCUT2D eigenvalue weighted by atomic mass is 16.2. The second-order valence-corrected chi connectivity index (χ2v) is 8.07. The van der Waals surface area contributed by atoms with Crippen molar-refractivity contribution in [3.63, 3.8) is 0 Å². The molecule has 4 atom stereocenters. The van der Waals surface area contributed by atoms with Crippen LogP contribution in [0, 0.1) is 17.8 Å². The van der Waals surface area contributed by atoms with Gasteiger partial charge in [-0.2, -0.15) is 0 Å². The van der Waals surface area contributed by atoms with Crippen LogP contribution < -0.4 is 10.6 Å². The molecule has 0 aromatic carbocycles. The maximum atomic E-state index is 13.1. The summed E-state index contributed by atoms with van der Waals surface area (Å²) >= 11 is 0. The summed E-state index contributed by atoms with van der Waals surface area (Å²) in [4.78, 5) is 30.1. The first-order chi connectivity index (χ1) is 11.5. The average molecular weight is 336 g/mol. The molecule has 2 amide bonds. The normalized spacial score (nSPS) is 37.5. The van der Waals surface area contributed by atoms with Gasteiger partial charge in [-0.15, -0.1) is 0 Å². The van der Waals surface area contributed by atoms with E-state index in [1.807, 2.05) is 9.80 Å². The highest BCUT2D eigenvalue weighted by molar-refractivity contribution is 5.88. The molecule has 0 spiro atoms. The molecule has 2 heterocycles. The van der Waals surface area contributed by atoms with Gasteiger partial charge in [-0.25, -0.2) is 0 Å². The zero-order valence-corrected chi connectivity index (χ0v) is 15.3. The van der Waals surface area contributed by atoms with Gasteiger partial charge in [0.15, 0.2) is 0 Å². The fraction of sp³-hybridized carbons (Fsp3) is 0.889. The number of carbonyl (C=O) groups excluding carboxylic acids is 2. The Bertz CT molecular complexity index is 442. The van der Waals surface area contributed by atoms with Crippen LogP contribution in [0.15, 0.2) is 0 Å². The minimum absolute atomic E-state index is 0.122. The van der Waals surface area contributed by atoms with Crippen molar-refractivity contribution in [2.24, 2.45) is 17.8 Å². The van der Waals surface area contributed by atoms with E-state index in [0.717, 1.165) is 52.1 Å². The molecule has 2 N–H and O–H groups in total. The number of amides is 2. The van der Waals surface area contributed by atoms with E-state index < -0.39 is 0 Å². The minimum Gasteiger partial charge on any atom is -0.340 e. The molecule has 2 aliphatic heterocycles. The molecule has 6 heteroatoms. The minimum atomic E-state index is -0.122. The predicted octanol–water partition coefficient (Wildman–Crippen LogP) is 0.289. The van der Waals surface area contributed by atoms with Crippen molar-refractivity contribution in [3.8, 4) is 0 Å². The van der Waals surface area contributed by atoms with Crippen molar-refractivity contribution in [2.45, 2.75) is 45.7 Å². The third-order valence-corrected chi connectivity index (χ3v) is 5.79. The third-order valence-electron chi connectivity index (χ3n) is 5.79. The van der Waals surface area contributed by atoms with E-state index in [1.54, 1.807) is 0 Å². The molecule has 1 aliphatic carbocycles. The van der Waals surface area contributed by atoms with E-state index in [4.69, 9.17) is 0 Å². The van der Waals surface area contributed by atoms with Crippen LogP contribution in [0.1, 0.15) is 33.6 Å². The highest BCUT2D eigenvalue weighted by Crippen LogP contribution is 2.38. The largest absolute Gasteiger partial charge is 0.340 e. The summed E-state index contributed by atoms with van der Waals surface area (Å²) in [7, 11) is 0. The molecule has 3 aliphatic rings. The van der Waals surface area contributed by atoms with Crippen molar-refractivity contribution >= 4 is 11.8 Å². The smallest absolute Gasteiger partial charge is 0.226 e. The van der Waals surface area contributed by atoms with Crippen molar-refractivity contribution in [1.82, 2.24) is 20.4 Å². The van der Waals surface area contributed by atoms with Gasteiger partial charge in [-0.05, 0) is 32.6 Å².